The van der Waals surface area contributed by atoms with Crippen molar-refractivity contribution in [1.82, 2.24) is 0 Å². The van der Waals surface area contributed by atoms with Crippen LogP contribution in [0.3, 0.4) is 0 Å². The molecule has 0 aliphatic heterocycles. The minimum atomic E-state index is -0.190. The van der Waals surface area contributed by atoms with Crippen LogP contribution in [0.2, 0.25) is 0 Å². The predicted molar refractivity (Wildman–Crippen MR) is 99.5 cm³/mol. The van der Waals surface area contributed by atoms with Crippen molar-refractivity contribution in [3.05, 3.63) is 96.3 Å². The van der Waals surface area contributed by atoms with Crippen LogP contribution in [0.1, 0.15) is 5.56 Å². The van der Waals surface area contributed by atoms with E-state index in [0.717, 1.165) is 22.3 Å². The fraction of sp³-hybridized carbons (Fsp3) is 0.0435. The number of hydrogen-bond acceptors (Lipinski definition) is 0. The Hall–Kier alpha value is -2.93. The van der Waals surface area contributed by atoms with E-state index >= 15 is 0 Å². The van der Waals surface area contributed by atoms with Gasteiger partial charge in [0.2, 0.25) is 0 Å². The van der Waals surface area contributed by atoms with Crippen LogP contribution in [0.25, 0.3) is 33.0 Å². The van der Waals surface area contributed by atoms with Gasteiger partial charge in [0.1, 0.15) is 5.82 Å². The lowest BCUT2D eigenvalue weighted by Gasteiger charge is -2.16. The molecule has 116 valence electrons. The molecular formula is C23H17F. The Kier molecular flexibility index (Phi) is 3.62. The fourth-order valence-corrected chi connectivity index (χ4v) is 3.37. The molecule has 0 N–H and O–H groups in total. The standard InChI is InChI=1S/C23H17F/c1-16-8-6-13-21(19-12-4-5-15-22(19)24)23(16)20-14-7-10-17-9-2-3-11-18(17)20/h2-15H,1H3. The third-order valence-electron chi connectivity index (χ3n) is 4.50. The topological polar surface area (TPSA) is 0 Å². The molecule has 0 atom stereocenters. The third kappa shape index (κ3) is 2.39. The Morgan fingerprint density at radius 2 is 1.21 bits per heavy atom. The quantitative estimate of drug-likeness (QED) is 0.390. The summed E-state index contributed by atoms with van der Waals surface area (Å²) in [5.74, 6) is -0.190. The first-order chi connectivity index (χ1) is 11.8. The molecule has 4 aromatic carbocycles. The molecule has 0 saturated heterocycles. The number of hydrogen-bond donors (Lipinski definition) is 0. The van der Waals surface area contributed by atoms with Gasteiger partial charge in [-0.1, -0.05) is 78.9 Å². The summed E-state index contributed by atoms with van der Waals surface area (Å²) in [7, 11) is 0. The SMILES string of the molecule is Cc1cccc(-c2ccccc2F)c1-c1cccc2ccccc12. The molecule has 4 rings (SSSR count). The van der Waals surface area contributed by atoms with Crippen LogP contribution in [-0.4, -0.2) is 0 Å². The van der Waals surface area contributed by atoms with E-state index in [-0.39, 0.29) is 5.82 Å². The summed E-state index contributed by atoms with van der Waals surface area (Å²) in [5.41, 5.74) is 4.96. The Balaban J connectivity index is 2.08. The molecule has 4 aromatic rings. The zero-order valence-corrected chi connectivity index (χ0v) is 13.5. The fourth-order valence-electron chi connectivity index (χ4n) is 3.37. The van der Waals surface area contributed by atoms with Gasteiger partial charge in [-0.3, -0.25) is 0 Å². The second-order valence-corrected chi connectivity index (χ2v) is 6.00. The molecule has 0 aliphatic rings. The van der Waals surface area contributed by atoms with Crippen molar-refractivity contribution in [2.45, 2.75) is 6.92 Å². The zero-order chi connectivity index (χ0) is 16.5. The zero-order valence-electron chi connectivity index (χ0n) is 13.5. The Morgan fingerprint density at radius 3 is 2.08 bits per heavy atom. The van der Waals surface area contributed by atoms with Crippen LogP contribution in [0.5, 0.6) is 0 Å². The maximum atomic E-state index is 14.4. The molecule has 24 heavy (non-hydrogen) atoms. The highest BCUT2D eigenvalue weighted by molar-refractivity contribution is 6.01. The van der Waals surface area contributed by atoms with Gasteiger partial charge in [-0.15, -0.1) is 0 Å². The highest BCUT2D eigenvalue weighted by Crippen LogP contribution is 2.39. The van der Waals surface area contributed by atoms with Crippen molar-refractivity contribution < 1.29 is 4.39 Å². The Labute approximate surface area is 141 Å². The average Bonchev–Trinajstić information content (AvgIpc) is 2.62. The molecule has 0 bridgehead atoms. The summed E-state index contributed by atoms with van der Waals surface area (Å²) >= 11 is 0. The number of rotatable bonds is 2. The van der Waals surface area contributed by atoms with Crippen LogP contribution in [0.4, 0.5) is 4.39 Å². The normalized spacial score (nSPS) is 10.9. The lowest BCUT2D eigenvalue weighted by molar-refractivity contribution is 0.631. The average molecular weight is 312 g/mol. The molecule has 0 amide bonds. The maximum Gasteiger partial charge on any atom is 0.131 e. The number of benzene rings is 4. The molecule has 0 radical (unpaired) electrons. The van der Waals surface area contributed by atoms with E-state index in [9.17, 15) is 4.39 Å². The van der Waals surface area contributed by atoms with Crippen LogP contribution in [-0.2, 0) is 0 Å². The van der Waals surface area contributed by atoms with E-state index in [2.05, 4.69) is 43.3 Å². The van der Waals surface area contributed by atoms with E-state index in [1.54, 1.807) is 6.07 Å². The first-order valence-electron chi connectivity index (χ1n) is 8.08. The first-order valence-corrected chi connectivity index (χ1v) is 8.08. The second-order valence-electron chi connectivity index (χ2n) is 6.00. The second kappa shape index (κ2) is 5.93. The summed E-state index contributed by atoms with van der Waals surface area (Å²) in [6.45, 7) is 2.08. The summed E-state index contributed by atoms with van der Waals surface area (Å²) in [6.07, 6.45) is 0. The molecule has 1 heteroatoms. The molecule has 0 saturated carbocycles. The minimum Gasteiger partial charge on any atom is -0.206 e. The molecule has 0 heterocycles. The van der Waals surface area contributed by atoms with Crippen LogP contribution in [0, 0.1) is 12.7 Å². The third-order valence-corrected chi connectivity index (χ3v) is 4.50. The lowest BCUT2D eigenvalue weighted by atomic mass is 9.88. The highest BCUT2D eigenvalue weighted by atomic mass is 19.1. The lowest BCUT2D eigenvalue weighted by Crippen LogP contribution is -1.92. The van der Waals surface area contributed by atoms with Crippen molar-refractivity contribution in [2.24, 2.45) is 0 Å². The van der Waals surface area contributed by atoms with Gasteiger partial charge < -0.3 is 0 Å². The van der Waals surface area contributed by atoms with E-state index < -0.39 is 0 Å². The van der Waals surface area contributed by atoms with E-state index in [4.69, 9.17) is 0 Å². The van der Waals surface area contributed by atoms with Gasteiger partial charge in [0.25, 0.3) is 0 Å². The number of aryl methyl sites for hydroxylation is 1. The number of halogens is 1. The van der Waals surface area contributed by atoms with Crippen molar-refractivity contribution in [3.8, 4) is 22.3 Å². The molecule has 0 fully saturated rings. The van der Waals surface area contributed by atoms with Gasteiger partial charge in [0.15, 0.2) is 0 Å². The van der Waals surface area contributed by atoms with Crippen LogP contribution < -0.4 is 0 Å². The molecule has 0 unspecified atom stereocenters. The first kappa shape index (κ1) is 14.6. The van der Waals surface area contributed by atoms with Crippen molar-refractivity contribution in [2.75, 3.05) is 0 Å². The van der Waals surface area contributed by atoms with Crippen LogP contribution in [0.15, 0.2) is 84.9 Å². The monoisotopic (exact) mass is 312 g/mol. The summed E-state index contributed by atoms with van der Waals surface area (Å²) in [4.78, 5) is 0. The van der Waals surface area contributed by atoms with Gasteiger partial charge in [-0.05, 0) is 46.0 Å². The molecule has 0 spiro atoms. The van der Waals surface area contributed by atoms with Gasteiger partial charge in [-0.2, -0.15) is 0 Å². The molecule has 0 nitrogen and oxygen atoms in total. The van der Waals surface area contributed by atoms with Gasteiger partial charge >= 0.3 is 0 Å². The van der Waals surface area contributed by atoms with Gasteiger partial charge in [0, 0.05) is 5.56 Å². The smallest absolute Gasteiger partial charge is 0.131 e. The van der Waals surface area contributed by atoms with Crippen LogP contribution >= 0.6 is 0 Å². The maximum absolute atomic E-state index is 14.4. The van der Waals surface area contributed by atoms with Crippen molar-refractivity contribution in [1.29, 1.82) is 0 Å². The minimum absolute atomic E-state index is 0.190. The Morgan fingerprint density at radius 1 is 0.583 bits per heavy atom. The van der Waals surface area contributed by atoms with E-state index in [1.165, 1.54) is 16.8 Å². The summed E-state index contributed by atoms with van der Waals surface area (Å²) < 4.78 is 14.4. The van der Waals surface area contributed by atoms with Gasteiger partial charge in [-0.25, -0.2) is 4.39 Å². The summed E-state index contributed by atoms with van der Waals surface area (Å²) in [5, 5.41) is 2.38. The highest BCUT2D eigenvalue weighted by Gasteiger charge is 2.14. The van der Waals surface area contributed by atoms with E-state index in [0.29, 0.717) is 5.56 Å². The molecule has 0 aromatic heterocycles. The Bertz CT molecular complexity index is 1030. The number of fused-ring (bicyclic) bond motifs is 1. The molecule has 0 aliphatic carbocycles. The molecular weight excluding hydrogens is 295 g/mol. The summed E-state index contributed by atoms with van der Waals surface area (Å²) in [6, 6.07) is 27.7. The van der Waals surface area contributed by atoms with Gasteiger partial charge in [0.05, 0.1) is 0 Å². The predicted octanol–water partition coefficient (Wildman–Crippen LogP) is 6.62. The largest absolute Gasteiger partial charge is 0.206 e. The van der Waals surface area contributed by atoms with Crippen molar-refractivity contribution >= 4 is 10.8 Å². The van der Waals surface area contributed by atoms with E-state index in [1.807, 2.05) is 36.4 Å². The van der Waals surface area contributed by atoms with Crippen molar-refractivity contribution in [3.63, 3.8) is 0 Å².